The van der Waals surface area contributed by atoms with Gasteiger partial charge in [0.2, 0.25) is 0 Å². The number of aryl methyl sites for hydroxylation is 1. The molecule has 0 fully saturated rings. The Kier molecular flexibility index (Phi) is 6.30. The second kappa shape index (κ2) is 7.51. The van der Waals surface area contributed by atoms with Gasteiger partial charge < -0.3 is 14.5 Å². The van der Waals surface area contributed by atoms with Gasteiger partial charge in [-0.25, -0.2) is 0 Å². The van der Waals surface area contributed by atoms with Crippen LogP contribution in [0.3, 0.4) is 0 Å². The maximum absolute atomic E-state index is 5.57. The maximum atomic E-state index is 5.57. The number of ether oxygens (including phenoxy) is 1. The molecule has 0 aliphatic carbocycles. The van der Waals surface area contributed by atoms with E-state index in [1.54, 1.807) is 0 Å². The van der Waals surface area contributed by atoms with Crippen LogP contribution in [0.25, 0.3) is 0 Å². The first kappa shape index (κ1) is 14.3. The topological polar surface area (TPSA) is 34.4 Å². The Bertz CT molecular complexity index is 307. The van der Waals surface area contributed by atoms with Crippen LogP contribution >= 0.6 is 0 Å². The maximum Gasteiger partial charge on any atom is 0.120 e. The van der Waals surface area contributed by atoms with Crippen molar-refractivity contribution in [3.63, 3.8) is 0 Å². The van der Waals surface area contributed by atoms with E-state index in [9.17, 15) is 0 Å². The third-order valence-corrected chi connectivity index (χ3v) is 2.66. The van der Waals surface area contributed by atoms with Crippen LogP contribution in [0.5, 0.6) is 0 Å². The highest BCUT2D eigenvalue weighted by molar-refractivity contribution is 5.08. The third kappa shape index (κ3) is 5.89. The van der Waals surface area contributed by atoms with Crippen molar-refractivity contribution >= 4 is 0 Å². The zero-order valence-electron chi connectivity index (χ0n) is 11.5. The first-order valence-electron chi connectivity index (χ1n) is 6.51. The van der Waals surface area contributed by atoms with E-state index < -0.39 is 0 Å². The van der Waals surface area contributed by atoms with Gasteiger partial charge in [-0.3, -0.25) is 0 Å². The quantitative estimate of drug-likeness (QED) is 0.706. The number of nitrogens with one attached hydrogen (secondary N) is 1. The Morgan fingerprint density at radius 2 is 2.00 bits per heavy atom. The summed E-state index contributed by atoms with van der Waals surface area (Å²) in [6.07, 6.45) is 2.58. The summed E-state index contributed by atoms with van der Waals surface area (Å²) in [6, 6.07) is 4.33. The summed E-state index contributed by atoms with van der Waals surface area (Å²) >= 11 is 0. The van der Waals surface area contributed by atoms with Crippen molar-refractivity contribution in [2.24, 2.45) is 0 Å². The Balaban J connectivity index is 2.06. The van der Waals surface area contributed by atoms with Crippen LogP contribution in [0, 0.1) is 6.92 Å². The Labute approximate surface area is 105 Å². The molecule has 3 heteroatoms. The van der Waals surface area contributed by atoms with Crippen LogP contribution in [-0.2, 0) is 4.74 Å². The predicted molar refractivity (Wildman–Crippen MR) is 70.2 cm³/mol. The fourth-order valence-corrected chi connectivity index (χ4v) is 1.65. The highest BCUT2D eigenvalue weighted by Gasteiger charge is 2.07. The lowest BCUT2D eigenvalue weighted by Crippen LogP contribution is -2.19. The molecule has 1 unspecified atom stereocenters. The number of unbranched alkanes of at least 4 members (excludes halogenated alkanes) is 1. The van der Waals surface area contributed by atoms with Crippen LogP contribution in [0.2, 0.25) is 0 Å². The zero-order valence-corrected chi connectivity index (χ0v) is 11.5. The van der Waals surface area contributed by atoms with Crippen molar-refractivity contribution in [1.29, 1.82) is 0 Å². The molecule has 0 aliphatic heterocycles. The van der Waals surface area contributed by atoms with E-state index in [0.717, 1.165) is 37.5 Å². The summed E-state index contributed by atoms with van der Waals surface area (Å²) in [5.74, 6) is 1.99. The normalized spacial score (nSPS) is 13.2. The minimum Gasteiger partial charge on any atom is -0.465 e. The van der Waals surface area contributed by atoms with E-state index in [2.05, 4.69) is 26.1 Å². The summed E-state index contributed by atoms with van der Waals surface area (Å²) in [7, 11) is 0. The highest BCUT2D eigenvalue weighted by Crippen LogP contribution is 2.15. The largest absolute Gasteiger partial charge is 0.465 e. The molecule has 0 spiro atoms. The summed E-state index contributed by atoms with van der Waals surface area (Å²) in [4.78, 5) is 0. The molecule has 0 aromatic carbocycles. The fourth-order valence-electron chi connectivity index (χ4n) is 1.65. The van der Waals surface area contributed by atoms with Gasteiger partial charge in [-0.05, 0) is 59.2 Å². The zero-order chi connectivity index (χ0) is 12.7. The van der Waals surface area contributed by atoms with Gasteiger partial charge in [0.15, 0.2) is 0 Å². The van der Waals surface area contributed by atoms with Crippen molar-refractivity contribution in [1.82, 2.24) is 5.32 Å². The van der Waals surface area contributed by atoms with Crippen molar-refractivity contribution in [2.75, 3.05) is 13.2 Å². The molecule has 1 aromatic rings. The Morgan fingerprint density at radius 1 is 1.24 bits per heavy atom. The summed E-state index contributed by atoms with van der Waals surface area (Å²) in [6.45, 7) is 10.1. The van der Waals surface area contributed by atoms with Gasteiger partial charge in [-0.2, -0.15) is 0 Å². The predicted octanol–water partition coefficient (Wildman–Crippen LogP) is 3.44. The molecule has 0 bridgehead atoms. The van der Waals surface area contributed by atoms with Crippen LogP contribution in [-0.4, -0.2) is 19.3 Å². The SMILES string of the molecule is Cc1ccc(C(C)NCCCCOC(C)C)o1. The average molecular weight is 239 g/mol. The lowest BCUT2D eigenvalue weighted by atomic mass is 10.2. The molecule has 1 heterocycles. The Hall–Kier alpha value is -0.800. The standard InChI is InChI=1S/C14H25NO2/c1-11(2)16-10-6-5-9-15-13(4)14-8-7-12(3)17-14/h7-8,11,13,15H,5-6,9-10H2,1-4H3. The molecular weight excluding hydrogens is 214 g/mol. The van der Waals surface area contributed by atoms with E-state index in [0.29, 0.717) is 6.10 Å². The van der Waals surface area contributed by atoms with Crippen LogP contribution in [0.1, 0.15) is 51.2 Å². The second-order valence-electron chi connectivity index (χ2n) is 4.75. The monoisotopic (exact) mass is 239 g/mol. The molecule has 1 N–H and O–H groups in total. The smallest absolute Gasteiger partial charge is 0.120 e. The molecule has 98 valence electrons. The molecule has 0 amide bonds. The number of hydrogen-bond donors (Lipinski definition) is 1. The fraction of sp³-hybridized carbons (Fsp3) is 0.714. The molecule has 1 aromatic heterocycles. The molecule has 1 atom stereocenters. The van der Waals surface area contributed by atoms with Crippen molar-refractivity contribution in [3.05, 3.63) is 23.7 Å². The molecule has 0 radical (unpaired) electrons. The average Bonchev–Trinajstić information content (AvgIpc) is 2.69. The van der Waals surface area contributed by atoms with Gasteiger partial charge in [-0.1, -0.05) is 0 Å². The van der Waals surface area contributed by atoms with E-state index in [1.807, 2.05) is 19.1 Å². The van der Waals surface area contributed by atoms with Gasteiger partial charge in [-0.15, -0.1) is 0 Å². The van der Waals surface area contributed by atoms with Crippen LogP contribution in [0.4, 0.5) is 0 Å². The minimum absolute atomic E-state index is 0.287. The van der Waals surface area contributed by atoms with E-state index in [1.165, 1.54) is 0 Å². The number of hydrogen-bond acceptors (Lipinski definition) is 3. The first-order chi connectivity index (χ1) is 8.09. The molecule has 0 saturated heterocycles. The summed E-state index contributed by atoms with van der Waals surface area (Å²) in [5.41, 5.74) is 0. The lowest BCUT2D eigenvalue weighted by molar-refractivity contribution is 0.0759. The third-order valence-electron chi connectivity index (χ3n) is 2.66. The van der Waals surface area contributed by atoms with Crippen molar-refractivity contribution < 1.29 is 9.15 Å². The molecule has 0 aliphatic rings. The highest BCUT2D eigenvalue weighted by atomic mass is 16.5. The second-order valence-corrected chi connectivity index (χ2v) is 4.75. The Morgan fingerprint density at radius 3 is 2.59 bits per heavy atom. The van der Waals surface area contributed by atoms with Crippen molar-refractivity contribution in [3.8, 4) is 0 Å². The van der Waals surface area contributed by atoms with Gasteiger partial charge >= 0.3 is 0 Å². The molecule has 17 heavy (non-hydrogen) atoms. The number of furan rings is 1. The van der Waals surface area contributed by atoms with Gasteiger partial charge in [0, 0.05) is 6.61 Å². The molecule has 0 saturated carbocycles. The summed E-state index contributed by atoms with van der Waals surface area (Å²) < 4.78 is 11.1. The van der Waals surface area contributed by atoms with Gasteiger partial charge in [0.25, 0.3) is 0 Å². The van der Waals surface area contributed by atoms with Crippen LogP contribution in [0.15, 0.2) is 16.5 Å². The van der Waals surface area contributed by atoms with E-state index in [-0.39, 0.29) is 6.04 Å². The first-order valence-corrected chi connectivity index (χ1v) is 6.51. The molecule has 3 nitrogen and oxygen atoms in total. The van der Waals surface area contributed by atoms with E-state index in [4.69, 9.17) is 9.15 Å². The number of rotatable bonds is 8. The minimum atomic E-state index is 0.287. The van der Waals surface area contributed by atoms with Gasteiger partial charge in [0.1, 0.15) is 11.5 Å². The van der Waals surface area contributed by atoms with Crippen LogP contribution < -0.4 is 5.32 Å². The van der Waals surface area contributed by atoms with Crippen molar-refractivity contribution in [2.45, 2.75) is 52.7 Å². The van der Waals surface area contributed by atoms with Gasteiger partial charge in [0.05, 0.1) is 12.1 Å². The molecular formula is C14H25NO2. The lowest BCUT2D eigenvalue weighted by Gasteiger charge is -2.11. The summed E-state index contributed by atoms with van der Waals surface area (Å²) in [5, 5.41) is 3.45. The molecule has 1 rings (SSSR count). The van der Waals surface area contributed by atoms with E-state index >= 15 is 0 Å².